The largest absolute Gasteiger partial charge is 0.443 e. The van der Waals surface area contributed by atoms with Crippen molar-refractivity contribution in [1.82, 2.24) is 14.9 Å². The van der Waals surface area contributed by atoms with Crippen molar-refractivity contribution in [1.29, 1.82) is 0 Å². The zero-order chi connectivity index (χ0) is 16.3. The topological polar surface area (TPSA) is 46.1 Å². The Balaban J connectivity index is 2.06. The Kier molecular flexibility index (Phi) is 4.80. The first kappa shape index (κ1) is 16.4. The van der Waals surface area contributed by atoms with Gasteiger partial charge < -0.3 is 4.90 Å². The van der Waals surface area contributed by atoms with Crippen LogP contribution in [0.25, 0.3) is 0 Å². The quantitative estimate of drug-likeness (QED) is 0.865. The Labute approximate surface area is 129 Å². The van der Waals surface area contributed by atoms with Crippen LogP contribution in [0.4, 0.5) is 13.2 Å². The number of amides is 1. The first-order chi connectivity index (χ1) is 10.3. The van der Waals surface area contributed by atoms with Gasteiger partial charge >= 0.3 is 6.18 Å². The Hall–Kier alpha value is -1.96. The van der Waals surface area contributed by atoms with Crippen LogP contribution in [0, 0.1) is 6.92 Å². The maximum absolute atomic E-state index is 12.6. The van der Waals surface area contributed by atoms with Crippen LogP contribution in [0.5, 0.6) is 0 Å². The first-order valence-corrected chi connectivity index (χ1v) is 7.29. The molecule has 0 aliphatic carbocycles. The smallest absolute Gasteiger partial charge is 0.341 e. The van der Waals surface area contributed by atoms with Crippen molar-refractivity contribution in [3.05, 3.63) is 45.7 Å². The third-order valence-corrected chi connectivity index (χ3v) is 4.26. The summed E-state index contributed by atoms with van der Waals surface area (Å²) >= 11 is 0.387. The van der Waals surface area contributed by atoms with Crippen molar-refractivity contribution in [3.8, 4) is 0 Å². The maximum Gasteiger partial charge on any atom is 0.443 e. The first-order valence-electron chi connectivity index (χ1n) is 6.48. The molecular weight excluding hydrogens is 315 g/mol. The number of carbonyl (C=O) groups excluding carboxylic acids is 1. The summed E-state index contributed by atoms with van der Waals surface area (Å²) in [5.74, 6) is -0.445. The van der Waals surface area contributed by atoms with Crippen molar-refractivity contribution >= 4 is 17.2 Å². The number of rotatable bonds is 4. The van der Waals surface area contributed by atoms with E-state index < -0.39 is 17.1 Å². The van der Waals surface area contributed by atoms with Gasteiger partial charge in [0, 0.05) is 26.0 Å². The van der Waals surface area contributed by atoms with E-state index in [2.05, 4.69) is 9.97 Å². The average Bonchev–Trinajstić information content (AvgIpc) is 2.87. The minimum Gasteiger partial charge on any atom is -0.341 e. The molecule has 118 valence electrons. The van der Waals surface area contributed by atoms with Crippen molar-refractivity contribution in [3.63, 3.8) is 0 Å². The van der Waals surface area contributed by atoms with Gasteiger partial charge in [-0.1, -0.05) is 0 Å². The van der Waals surface area contributed by atoms with Crippen LogP contribution in [0.2, 0.25) is 0 Å². The molecule has 2 aromatic rings. The molecule has 1 amide bonds. The van der Waals surface area contributed by atoms with Crippen LogP contribution in [0.15, 0.2) is 24.5 Å². The minimum atomic E-state index is -4.52. The lowest BCUT2D eigenvalue weighted by molar-refractivity contribution is -0.137. The highest BCUT2D eigenvalue weighted by Crippen LogP contribution is 2.34. The van der Waals surface area contributed by atoms with Crippen molar-refractivity contribution < 1.29 is 18.0 Å². The Morgan fingerprint density at radius 2 is 1.95 bits per heavy atom. The van der Waals surface area contributed by atoms with E-state index in [1.165, 1.54) is 11.8 Å². The third-order valence-electron chi connectivity index (χ3n) is 3.07. The number of halogens is 3. The molecule has 2 rings (SSSR count). The van der Waals surface area contributed by atoms with Gasteiger partial charge in [0.1, 0.15) is 4.88 Å². The second-order valence-corrected chi connectivity index (χ2v) is 5.76. The molecule has 0 aliphatic rings. The van der Waals surface area contributed by atoms with Crippen LogP contribution >= 0.6 is 11.3 Å². The lowest BCUT2D eigenvalue weighted by atomic mass is 10.2. The fourth-order valence-electron chi connectivity index (χ4n) is 1.84. The van der Waals surface area contributed by atoms with Gasteiger partial charge in [-0.3, -0.25) is 9.78 Å². The number of aromatic nitrogens is 2. The summed E-state index contributed by atoms with van der Waals surface area (Å²) < 4.78 is 37.9. The molecule has 8 heteroatoms. The number of nitrogens with zero attached hydrogens (tertiary/aromatic N) is 3. The van der Waals surface area contributed by atoms with Gasteiger partial charge in [0.05, 0.1) is 5.69 Å². The molecule has 0 saturated carbocycles. The SMILES string of the molecule is Cc1nc(C(F)(F)F)sc1C(=O)N(C)CCc1ccncc1. The Morgan fingerprint density at radius 1 is 1.32 bits per heavy atom. The van der Waals surface area contributed by atoms with Crippen LogP contribution in [0.3, 0.4) is 0 Å². The standard InChI is InChI=1S/C14H14F3N3OS/c1-9-11(22-13(19-9)14(15,16)17)12(21)20(2)8-5-10-3-6-18-7-4-10/h3-4,6-7H,5,8H2,1-2H3. The van der Waals surface area contributed by atoms with Gasteiger partial charge in [0.25, 0.3) is 5.91 Å². The normalized spacial score (nSPS) is 11.5. The molecule has 0 N–H and O–H groups in total. The molecule has 0 spiro atoms. The monoisotopic (exact) mass is 329 g/mol. The van der Waals surface area contributed by atoms with Gasteiger partial charge in [0.2, 0.25) is 0 Å². The number of thiazole rings is 1. The van der Waals surface area contributed by atoms with Gasteiger partial charge in [0.15, 0.2) is 5.01 Å². The Morgan fingerprint density at radius 3 is 2.50 bits per heavy atom. The second kappa shape index (κ2) is 6.43. The summed E-state index contributed by atoms with van der Waals surface area (Å²) in [6.45, 7) is 1.82. The van der Waals surface area contributed by atoms with Gasteiger partial charge in [-0.2, -0.15) is 13.2 Å². The van der Waals surface area contributed by atoms with Gasteiger partial charge in [-0.25, -0.2) is 4.98 Å². The van der Waals surface area contributed by atoms with Gasteiger partial charge in [-0.15, -0.1) is 11.3 Å². The summed E-state index contributed by atoms with van der Waals surface area (Å²) in [5.41, 5.74) is 1.12. The van der Waals surface area contributed by atoms with Crippen molar-refractivity contribution in [2.45, 2.75) is 19.5 Å². The van der Waals surface area contributed by atoms with E-state index in [4.69, 9.17) is 0 Å². The zero-order valence-electron chi connectivity index (χ0n) is 12.0. The molecule has 0 unspecified atom stereocenters. The van der Waals surface area contributed by atoms with E-state index in [1.807, 2.05) is 12.1 Å². The average molecular weight is 329 g/mol. The van der Waals surface area contributed by atoms with Crippen molar-refractivity contribution in [2.24, 2.45) is 0 Å². The number of likely N-dealkylation sites (N-methyl/N-ethyl adjacent to an activating group) is 1. The molecule has 0 saturated heterocycles. The van der Waals surface area contributed by atoms with Crippen LogP contribution in [-0.2, 0) is 12.6 Å². The summed E-state index contributed by atoms with van der Waals surface area (Å²) in [7, 11) is 1.57. The molecule has 4 nitrogen and oxygen atoms in total. The number of carbonyl (C=O) groups is 1. The maximum atomic E-state index is 12.6. The molecule has 0 aromatic carbocycles. The summed E-state index contributed by atoms with van der Waals surface area (Å²) in [5, 5.41) is -0.990. The molecule has 0 atom stereocenters. The number of hydrogen-bond acceptors (Lipinski definition) is 4. The summed E-state index contributed by atoms with van der Waals surface area (Å²) in [6.07, 6.45) is -0.613. The number of hydrogen-bond donors (Lipinski definition) is 0. The van der Waals surface area contributed by atoms with E-state index in [0.29, 0.717) is 24.3 Å². The highest BCUT2D eigenvalue weighted by molar-refractivity contribution is 7.13. The molecule has 2 heterocycles. The summed E-state index contributed by atoms with van der Waals surface area (Å²) in [6, 6.07) is 3.66. The fraction of sp³-hybridized carbons (Fsp3) is 0.357. The Bertz CT molecular complexity index is 655. The van der Waals surface area contributed by atoms with E-state index >= 15 is 0 Å². The highest BCUT2D eigenvalue weighted by Gasteiger charge is 2.36. The van der Waals surface area contributed by atoms with E-state index in [9.17, 15) is 18.0 Å². The van der Waals surface area contributed by atoms with Gasteiger partial charge in [-0.05, 0) is 31.0 Å². The number of aryl methyl sites for hydroxylation is 1. The van der Waals surface area contributed by atoms with Crippen LogP contribution in [0.1, 0.15) is 25.9 Å². The second-order valence-electron chi connectivity index (χ2n) is 4.76. The summed E-state index contributed by atoms with van der Waals surface area (Å²) in [4.78, 5) is 21.0. The molecule has 22 heavy (non-hydrogen) atoms. The van der Waals surface area contributed by atoms with Crippen LogP contribution < -0.4 is 0 Å². The molecule has 0 bridgehead atoms. The van der Waals surface area contributed by atoms with E-state index in [1.54, 1.807) is 19.4 Å². The van der Waals surface area contributed by atoms with Crippen LogP contribution in [-0.4, -0.2) is 34.4 Å². The third kappa shape index (κ3) is 3.82. The predicted octanol–water partition coefficient (Wildman–Crippen LogP) is 3.18. The number of pyridine rings is 1. The van der Waals surface area contributed by atoms with E-state index in [0.717, 1.165) is 5.56 Å². The molecule has 0 fully saturated rings. The molecular formula is C14H14F3N3OS. The van der Waals surface area contributed by atoms with Crippen molar-refractivity contribution in [2.75, 3.05) is 13.6 Å². The molecule has 2 aromatic heterocycles. The highest BCUT2D eigenvalue weighted by atomic mass is 32.1. The lowest BCUT2D eigenvalue weighted by Crippen LogP contribution is -2.28. The fourth-order valence-corrected chi connectivity index (χ4v) is 2.77. The van der Waals surface area contributed by atoms with E-state index in [-0.39, 0.29) is 10.6 Å². The zero-order valence-corrected chi connectivity index (χ0v) is 12.8. The number of alkyl halides is 3. The molecule has 0 radical (unpaired) electrons. The lowest BCUT2D eigenvalue weighted by Gasteiger charge is -2.16. The predicted molar refractivity (Wildman–Crippen MR) is 76.8 cm³/mol. The minimum absolute atomic E-state index is 0.0320. The molecule has 0 aliphatic heterocycles.